The number of methoxy groups -OCH3 is 1. The molecular weight excluding hydrogens is 250 g/mol. The zero-order chi connectivity index (χ0) is 13.4. The van der Waals surface area contributed by atoms with E-state index in [1.165, 1.54) is 0 Å². The number of hydrogen-bond donors (Lipinski definition) is 1. The van der Waals surface area contributed by atoms with Crippen molar-refractivity contribution >= 4 is 17.2 Å². The molecule has 0 radical (unpaired) electrons. The first-order valence-corrected chi connectivity index (χ1v) is 6.98. The van der Waals surface area contributed by atoms with E-state index in [0.717, 1.165) is 4.88 Å². The molecule has 0 aliphatic rings. The van der Waals surface area contributed by atoms with Gasteiger partial charge in [-0.1, -0.05) is 6.07 Å². The van der Waals surface area contributed by atoms with Gasteiger partial charge in [0, 0.05) is 25.0 Å². The minimum atomic E-state index is -0.431. The van der Waals surface area contributed by atoms with Crippen molar-refractivity contribution in [1.29, 1.82) is 0 Å². The number of rotatable bonds is 8. The largest absolute Gasteiger partial charge is 0.393 e. The van der Waals surface area contributed by atoms with E-state index in [9.17, 15) is 9.90 Å². The number of aliphatic hydroxyl groups excluding tert-OH is 1. The fourth-order valence-corrected chi connectivity index (χ4v) is 2.29. The third-order valence-electron chi connectivity index (χ3n) is 2.62. The van der Waals surface area contributed by atoms with Gasteiger partial charge >= 0.3 is 0 Å². The smallest absolute Gasteiger partial charge is 0.223 e. The summed E-state index contributed by atoms with van der Waals surface area (Å²) in [4.78, 5) is 15.0. The lowest BCUT2D eigenvalue weighted by atomic mass is 10.2. The maximum atomic E-state index is 12.0. The molecule has 1 rings (SSSR count). The summed E-state index contributed by atoms with van der Waals surface area (Å²) in [6.07, 6.45) is 0.458. The highest BCUT2D eigenvalue weighted by Gasteiger charge is 2.14. The summed E-state index contributed by atoms with van der Waals surface area (Å²) in [7, 11) is 1.63. The molecule has 18 heavy (non-hydrogen) atoms. The van der Waals surface area contributed by atoms with Crippen LogP contribution in [0.25, 0.3) is 0 Å². The Morgan fingerprint density at radius 1 is 1.61 bits per heavy atom. The Hall–Kier alpha value is -0.910. The van der Waals surface area contributed by atoms with Crippen molar-refractivity contribution in [2.24, 2.45) is 0 Å². The van der Waals surface area contributed by atoms with Gasteiger partial charge in [-0.25, -0.2) is 0 Å². The van der Waals surface area contributed by atoms with Crippen molar-refractivity contribution in [2.75, 3.05) is 20.3 Å². The van der Waals surface area contributed by atoms with Crippen LogP contribution in [0.2, 0.25) is 0 Å². The van der Waals surface area contributed by atoms with Crippen molar-refractivity contribution in [1.82, 2.24) is 4.90 Å². The Morgan fingerprint density at radius 3 is 2.94 bits per heavy atom. The lowest BCUT2D eigenvalue weighted by Gasteiger charge is -2.22. The molecule has 0 spiro atoms. The molecule has 0 saturated carbocycles. The second-order valence-corrected chi connectivity index (χ2v) is 5.31. The molecule has 1 amide bonds. The van der Waals surface area contributed by atoms with E-state index in [1.807, 2.05) is 17.5 Å². The van der Waals surface area contributed by atoms with Crippen LogP contribution in [0, 0.1) is 0 Å². The third-order valence-corrected chi connectivity index (χ3v) is 3.48. The minimum absolute atomic E-state index is 0.0707. The van der Waals surface area contributed by atoms with Gasteiger partial charge in [0.05, 0.1) is 19.3 Å². The van der Waals surface area contributed by atoms with Gasteiger partial charge in [0.25, 0.3) is 0 Å². The molecule has 1 unspecified atom stereocenters. The Kier molecular flexibility index (Phi) is 6.93. The first kappa shape index (κ1) is 15.1. The quantitative estimate of drug-likeness (QED) is 0.785. The highest BCUT2D eigenvalue weighted by molar-refractivity contribution is 7.09. The van der Waals surface area contributed by atoms with E-state index >= 15 is 0 Å². The third kappa shape index (κ3) is 5.62. The molecule has 0 fully saturated rings. The maximum absolute atomic E-state index is 12.0. The fourth-order valence-electron chi connectivity index (χ4n) is 1.57. The Balaban J connectivity index is 2.51. The van der Waals surface area contributed by atoms with Crippen molar-refractivity contribution < 1.29 is 14.6 Å². The summed E-state index contributed by atoms with van der Waals surface area (Å²) in [5.41, 5.74) is 0. The van der Waals surface area contributed by atoms with Crippen LogP contribution in [0.4, 0.5) is 0 Å². The number of aliphatic hydroxyl groups is 1. The van der Waals surface area contributed by atoms with Gasteiger partial charge in [0.1, 0.15) is 0 Å². The molecule has 0 aliphatic carbocycles. The Morgan fingerprint density at radius 2 is 2.39 bits per heavy atom. The van der Waals surface area contributed by atoms with Crippen LogP contribution in [-0.4, -0.2) is 42.3 Å². The van der Waals surface area contributed by atoms with E-state index in [0.29, 0.717) is 32.5 Å². The number of amides is 1. The molecule has 1 aromatic rings. The van der Waals surface area contributed by atoms with E-state index in [1.54, 1.807) is 30.3 Å². The van der Waals surface area contributed by atoms with E-state index < -0.39 is 6.10 Å². The monoisotopic (exact) mass is 271 g/mol. The summed E-state index contributed by atoms with van der Waals surface area (Å²) in [6.45, 7) is 3.45. The number of nitrogens with zero attached hydrogens (tertiary/aromatic N) is 1. The second-order valence-electron chi connectivity index (χ2n) is 4.28. The molecule has 1 aromatic heterocycles. The van der Waals surface area contributed by atoms with Gasteiger partial charge in [-0.15, -0.1) is 11.3 Å². The van der Waals surface area contributed by atoms with Crippen LogP contribution in [0.3, 0.4) is 0 Å². The van der Waals surface area contributed by atoms with Crippen LogP contribution < -0.4 is 0 Å². The minimum Gasteiger partial charge on any atom is -0.393 e. The molecule has 1 atom stereocenters. The lowest BCUT2D eigenvalue weighted by molar-refractivity contribution is -0.133. The zero-order valence-electron chi connectivity index (χ0n) is 11.0. The van der Waals surface area contributed by atoms with E-state index in [2.05, 4.69) is 0 Å². The predicted octanol–water partition coefficient (Wildman–Crippen LogP) is 1.88. The van der Waals surface area contributed by atoms with Gasteiger partial charge in [-0.05, 0) is 24.8 Å². The first-order chi connectivity index (χ1) is 8.63. The highest BCUT2D eigenvalue weighted by Crippen LogP contribution is 2.13. The molecule has 5 heteroatoms. The topological polar surface area (TPSA) is 49.8 Å². The number of thiophene rings is 1. The molecule has 1 N–H and O–H groups in total. The van der Waals surface area contributed by atoms with Gasteiger partial charge in [0.2, 0.25) is 5.91 Å². The summed E-state index contributed by atoms with van der Waals surface area (Å²) >= 11 is 1.64. The average molecular weight is 271 g/mol. The van der Waals surface area contributed by atoms with Gasteiger partial charge in [0.15, 0.2) is 0 Å². The second kappa shape index (κ2) is 8.24. The van der Waals surface area contributed by atoms with Crippen LogP contribution >= 0.6 is 11.3 Å². The first-order valence-electron chi connectivity index (χ1n) is 6.10. The lowest BCUT2D eigenvalue weighted by Crippen LogP contribution is -2.33. The standard InChI is InChI=1S/C13H21NO3S/c1-11(15)5-6-13(16)14(7-8-17-2)10-12-4-3-9-18-12/h3-4,9,11,15H,5-8,10H2,1-2H3. The van der Waals surface area contributed by atoms with Crippen LogP contribution in [0.1, 0.15) is 24.6 Å². The van der Waals surface area contributed by atoms with E-state index in [-0.39, 0.29) is 5.91 Å². The summed E-state index contributed by atoms with van der Waals surface area (Å²) < 4.78 is 5.03. The summed E-state index contributed by atoms with van der Waals surface area (Å²) in [6, 6.07) is 4.00. The van der Waals surface area contributed by atoms with Crippen LogP contribution in [-0.2, 0) is 16.1 Å². The molecule has 0 saturated heterocycles. The summed E-state index contributed by atoms with van der Waals surface area (Å²) in [5.74, 6) is 0.0707. The molecule has 4 nitrogen and oxygen atoms in total. The predicted molar refractivity (Wildman–Crippen MR) is 72.5 cm³/mol. The number of carbonyl (C=O) groups is 1. The molecule has 0 bridgehead atoms. The van der Waals surface area contributed by atoms with Crippen molar-refractivity contribution in [3.8, 4) is 0 Å². The normalized spacial score (nSPS) is 12.4. The Bertz CT molecular complexity index is 338. The molecule has 102 valence electrons. The van der Waals surface area contributed by atoms with Crippen LogP contribution in [0.15, 0.2) is 17.5 Å². The van der Waals surface area contributed by atoms with Gasteiger partial charge in [-0.2, -0.15) is 0 Å². The number of carbonyl (C=O) groups excluding carboxylic acids is 1. The van der Waals surface area contributed by atoms with Crippen molar-refractivity contribution in [3.63, 3.8) is 0 Å². The highest BCUT2D eigenvalue weighted by atomic mass is 32.1. The fraction of sp³-hybridized carbons (Fsp3) is 0.615. The summed E-state index contributed by atoms with van der Waals surface area (Å²) in [5, 5.41) is 11.2. The average Bonchev–Trinajstić information content (AvgIpc) is 2.84. The van der Waals surface area contributed by atoms with E-state index in [4.69, 9.17) is 4.74 Å². The molecule has 1 heterocycles. The van der Waals surface area contributed by atoms with Gasteiger partial charge < -0.3 is 14.7 Å². The number of ether oxygens (including phenoxy) is 1. The molecular formula is C13H21NO3S. The zero-order valence-corrected chi connectivity index (χ0v) is 11.8. The molecule has 0 aromatic carbocycles. The maximum Gasteiger partial charge on any atom is 0.223 e. The van der Waals surface area contributed by atoms with Crippen LogP contribution in [0.5, 0.6) is 0 Å². The Labute approximate surface area is 112 Å². The van der Waals surface area contributed by atoms with Gasteiger partial charge in [-0.3, -0.25) is 4.79 Å². The molecule has 0 aliphatic heterocycles. The number of hydrogen-bond acceptors (Lipinski definition) is 4. The van der Waals surface area contributed by atoms with Crippen molar-refractivity contribution in [2.45, 2.75) is 32.4 Å². The SMILES string of the molecule is COCCN(Cc1cccs1)C(=O)CCC(C)O. The van der Waals surface area contributed by atoms with Crippen molar-refractivity contribution in [3.05, 3.63) is 22.4 Å².